The van der Waals surface area contributed by atoms with Crippen LogP contribution in [-0.2, 0) is 20.7 Å². The van der Waals surface area contributed by atoms with Crippen molar-refractivity contribution in [2.24, 2.45) is 17.8 Å². The monoisotopic (exact) mass is 244 g/mol. The van der Waals surface area contributed by atoms with Gasteiger partial charge >= 0.3 is 5.97 Å². The third kappa shape index (κ3) is 2.05. The molecule has 0 spiro atoms. The van der Waals surface area contributed by atoms with Crippen molar-refractivity contribution < 1.29 is 14.3 Å². The van der Waals surface area contributed by atoms with Crippen LogP contribution >= 0.6 is 0 Å². The van der Waals surface area contributed by atoms with Crippen LogP contribution in [0.4, 0.5) is 0 Å². The summed E-state index contributed by atoms with van der Waals surface area (Å²) in [6.45, 7) is 0.410. The van der Waals surface area contributed by atoms with E-state index >= 15 is 0 Å². The Morgan fingerprint density at radius 3 is 2.72 bits per heavy atom. The molecule has 94 valence electrons. The van der Waals surface area contributed by atoms with Gasteiger partial charge in [0.25, 0.3) is 0 Å². The van der Waals surface area contributed by atoms with Crippen LogP contribution in [0, 0.1) is 17.8 Å². The number of rotatable bonds is 4. The fourth-order valence-corrected chi connectivity index (χ4v) is 2.98. The highest BCUT2D eigenvalue weighted by molar-refractivity contribution is 5.94. The standard InChI is InChI=1S/C15H16O3/c16-12-7-6-11-13(12)14(11)15(17)18-9-8-10-4-2-1-3-5-10/h1-5,11,13-14H,6-9H2/t11?,13-,14?/m1/s1. The molecular formula is C15H16O3. The van der Waals surface area contributed by atoms with Crippen molar-refractivity contribution in [1.82, 2.24) is 0 Å². The van der Waals surface area contributed by atoms with Gasteiger partial charge in [0.2, 0.25) is 0 Å². The lowest BCUT2D eigenvalue weighted by Crippen LogP contribution is -2.14. The van der Waals surface area contributed by atoms with Gasteiger partial charge in [-0.15, -0.1) is 0 Å². The summed E-state index contributed by atoms with van der Waals surface area (Å²) in [7, 11) is 0. The molecule has 0 saturated heterocycles. The first-order valence-corrected chi connectivity index (χ1v) is 6.50. The van der Waals surface area contributed by atoms with Gasteiger partial charge in [-0.25, -0.2) is 0 Å². The van der Waals surface area contributed by atoms with Gasteiger partial charge in [0, 0.05) is 18.8 Å². The highest BCUT2D eigenvalue weighted by Crippen LogP contribution is 2.55. The topological polar surface area (TPSA) is 43.4 Å². The van der Waals surface area contributed by atoms with E-state index in [0.717, 1.165) is 18.4 Å². The number of fused-ring (bicyclic) bond motifs is 1. The van der Waals surface area contributed by atoms with Gasteiger partial charge < -0.3 is 4.74 Å². The smallest absolute Gasteiger partial charge is 0.309 e. The first-order valence-electron chi connectivity index (χ1n) is 6.50. The average Bonchev–Trinajstić information content (AvgIpc) is 3.01. The van der Waals surface area contributed by atoms with Crippen LogP contribution in [0.25, 0.3) is 0 Å². The number of Topliss-reactive ketones (excluding diaryl/α,β-unsaturated/α-hetero) is 1. The summed E-state index contributed by atoms with van der Waals surface area (Å²) in [4.78, 5) is 23.2. The fraction of sp³-hybridized carbons (Fsp3) is 0.467. The summed E-state index contributed by atoms with van der Waals surface area (Å²) in [5, 5.41) is 0. The lowest BCUT2D eigenvalue weighted by atomic mass is 10.1. The minimum absolute atomic E-state index is 0.00535. The molecule has 0 amide bonds. The van der Waals surface area contributed by atoms with Crippen molar-refractivity contribution in [3.8, 4) is 0 Å². The van der Waals surface area contributed by atoms with Crippen LogP contribution in [0.3, 0.4) is 0 Å². The number of carbonyl (C=O) groups excluding carboxylic acids is 2. The van der Waals surface area contributed by atoms with Gasteiger partial charge in [-0.2, -0.15) is 0 Å². The Kier molecular flexibility index (Phi) is 2.90. The van der Waals surface area contributed by atoms with Crippen LogP contribution in [-0.4, -0.2) is 18.4 Å². The lowest BCUT2D eigenvalue weighted by molar-refractivity contribution is -0.146. The Morgan fingerprint density at radius 2 is 2.06 bits per heavy atom. The average molecular weight is 244 g/mol. The van der Waals surface area contributed by atoms with Crippen molar-refractivity contribution >= 4 is 11.8 Å². The molecule has 2 aliphatic rings. The van der Waals surface area contributed by atoms with E-state index in [9.17, 15) is 9.59 Å². The zero-order chi connectivity index (χ0) is 12.5. The van der Waals surface area contributed by atoms with Gasteiger partial charge in [-0.3, -0.25) is 9.59 Å². The molecule has 18 heavy (non-hydrogen) atoms. The molecule has 3 atom stereocenters. The maximum atomic E-state index is 11.8. The predicted octanol–water partition coefficient (Wildman–Crippen LogP) is 2.00. The van der Waals surface area contributed by atoms with E-state index in [1.54, 1.807) is 0 Å². The normalized spacial score (nSPS) is 28.9. The SMILES string of the molecule is O=C(OCCc1ccccc1)C1C2CCC(=O)[C@@H]21. The number of ether oxygens (including phenoxy) is 1. The summed E-state index contributed by atoms with van der Waals surface area (Å²) in [5.41, 5.74) is 1.16. The minimum Gasteiger partial charge on any atom is -0.465 e. The van der Waals surface area contributed by atoms with Crippen LogP contribution in [0.5, 0.6) is 0 Å². The Bertz CT molecular complexity index is 466. The molecule has 0 aromatic heterocycles. The molecule has 3 heteroatoms. The molecule has 1 aromatic rings. The molecule has 0 aliphatic heterocycles. The molecule has 1 aromatic carbocycles. The van der Waals surface area contributed by atoms with Crippen LogP contribution in [0.15, 0.2) is 30.3 Å². The van der Waals surface area contributed by atoms with Crippen LogP contribution in [0.2, 0.25) is 0 Å². The van der Waals surface area contributed by atoms with Crippen molar-refractivity contribution in [2.45, 2.75) is 19.3 Å². The van der Waals surface area contributed by atoms with E-state index in [4.69, 9.17) is 4.74 Å². The zero-order valence-electron chi connectivity index (χ0n) is 10.2. The molecule has 2 aliphatic carbocycles. The summed E-state index contributed by atoms with van der Waals surface area (Å²) >= 11 is 0. The summed E-state index contributed by atoms with van der Waals surface area (Å²) in [6, 6.07) is 9.95. The minimum atomic E-state index is -0.172. The van der Waals surface area contributed by atoms with Gasteiger partial charge in [-0.1, -0.05) is 30.3 Å². The van der Waals surface area contributed by atoms with E-state index < -0.39 is 0 Å². The Hall–Kier alpha value is -1.64. The van der Waals surface area contributed by atoms with Crippen LogP contribution in [0.1, 0.15) is 18.4 Å². The largest absolute Gasteiger partial charge is 0.465 e. The third-order valence-corrected chi connectivity index (χ3v) is 4.01. The molecule has 2 saturated carbocycles. The second kappa shape index (κ2) is 4.56. The predicted molar refractivity (Wildman–Crippen MR) is 65.8 cm³/mol. The first kappa shape index (κ1) is 11.5. The van der Waals surface area contributed by atoms with Gasteiger partial charge in [-0.05, 0) is 17.9 Å². The van der Waals surface area contributed by atoms with Gasteiger partial charge in [0.05, 0.1) is 12.5 Å². The van der Waals surface area contributed by atoms with E-state index in [2.05, 4.69) is 0 Å². The molecule has 2 fully saturated rings. The van der Waals surface area contributed by atoms with Crippen molar-refractivity contribution in [3.05, 3.63) is 35.9 Å². The summed E-state index contributed by atoms with van der Waals surface area (Å²) in [5.74, 6) is 0.247. The fourth-order valence-electron chi connectivity index (χ4n) is 2.98. The number of benzene rings is 1. The van der Waals surface area contributed by atoms with E-state index in [-0.39, 0.29) is 23.6 Å². The Balaban J connectivity index is 1.45. The van der Waals surface area contributed by atoms with Crippen molar-refractivity contribution in [3.63, 3.8) is 0 Å². The summed E-state index contributed by atoms with van der Waals surface area (Å²) < 4.78 is 5.26. The molecule has 0 radical (unpaired) electrons. The lowest BCUT2D eigenvalue weighted by Gasteiger charge is -2.05. The van der Waals surface area contributed by atoms with E-state index in [1.807, 2.05) is 30.3 Å². The molecule has 0 N–H and O–H groups in total. The summed E-state index contributed by atoms with van der Waals surface area (Å²) in [6.07, 6.45) is 2.27. The molecule has 3 rings (SSSR count). The second-order valence-corrected chi connectivity index (χ2v) is 5.12. The second-order valence-electron chi connectivity index (χ2n) is 5.12. The number of hydrogen-bond acceptors (Lipinski definition) is 3. The Morgan fingerprint density at radius 1 is 1.28 bits per heavy atom. The quantitative estimate of drug-likeness (QED) is 0.761. The van der Waals surface area contributed by atoms with E-state index in [1.165, 1.54) is 0 Å². The highest BCUT2D eigenvalue weighted by atomic mass is 16.5. The maximum Gasteiger partial charge on any atom is 0.309 e. The number of hydrogen-bond donors (Lipinski definition) is 0. The number of carbonyl (C=O) groups is 2. The van der Waals surface area contributed by atoms with Crippen LogP contribution < -0.4 is 0 Å². The molecule has 0 heterocycles. The first-order chi connectivity index (χ1) is 8.77. The molecule has 3 nitrogen and oxygen atoms in total. The zero-order valence-corrected chi connectivity index (χ0v) is 10.2. The molecule has 2 unspecified atom stereocenters. The number of ketones is 1. The van der Waals surface area contributed by atoms with Crippen molar-refractivity contribution in [2.75, 3.05) is 6.61 Å². The Labute approximate surface area is 106 Å². The van der Waals surface area contributed by atoms with Crippen molar-refractivity contribution in [1.29, 1.82) is 0 Å². The molecular weight excluding hydrogens is 228 g/mol. The van der Waals surface area contributed by atoms with Gasteiger partial charge in [0.1, 0.15) is 5.78 Å². The van der Waals surface area contributed by atoms with E-state index in [0.29, 0.717) is 18.9 Å². The number of esters is 1. The highest BCUT2D eigenvalue weighted by Gasteiger charge is 2.62. The van der Waals surface area contributed by atoms with Gasteiger partial charge in [0.15, 0.2) is 0 Å². The molecule has 0 bridgehead atoms. The maximum absolute atomic E-state index is 11.8. The third-order valence-electron chi connectivity index (χ3n) is 4.01.